The summed E-state index contributed by atoms with van der Waals surface area (Å²) < 4.78 is 39.8. The van der Waals surface area contributed by atoms with E-state index in [1.54, 1.807) is 30.5 Å². The first-order valence-corrected chi connectivity index (χ1v) is 7.40. The summed E-state index contributed by atoms with van der Waals surface area (Å²) in [4.78, 5) is 16.5. The van der Waals surface area contributed by atoms with E-state index in [9.17, 15) is 23.1 Å². The molecule has 0 spiro atoms. The zero-order chi connectivity index (χ0) is 18.0. The van der Waals surface area contributed by atoms with Crippen molar-refractivity contribution in [3.8, 4) is 0 Å². The highest BCUT2D eigenvalue weighted by molar-refractivity contribution is 6.06. The van der Waals surface area contributed by atoms with Crippen molar-refractivity contribution in [3.05, 3.63) is 77.4 Å². The van der Waals surface area contributed by atoms with Crippen molar-refractivity contribution in [2.75, 3.05) is 6.61 Å². The number of carbonyl (C=O) groups is 1. The average molecular weight is 346 g/mol. The van der Waals surface area contributed by atoms with Crippen LogP contribution in [0.1, 0.15) is 22.0 Å². The Morgan fingerprint density at radius 3 is 2.48 bits per heavy atom. The Morgan fingerprint density at radius 2 is 1.80 bits per heavy atom. The molecule has 3 aromatic rings. The summed E-state index contributed by atoms with van der Waals surface area (Å²) >= 11 is 0. The van der Waals surface area contributed by atoms with Crippen molar-refractivity contribution in [2.45, 2.75) is 6.04 Å². The van der Waals surface area contributed by atoms with E-state index in [1.165, 1.54) is 6.20 Å². The van der Waals surface area contributed by atoms with Crippen LogP contribution in [0.25, 0.3) is 10.8 Å². The van der Waals surface area contributed by atoms with Crippen LogP contribution in [0.3, 0.4) is 0 Å². The van der Waals surface area contributed by atoms with Gasteiger partial charge >= 0.3 is 0 Å². The highest BCUT2D eigenvalue weighted by Crippen LogP contribution is 2.21. The van der Waals surface area contributed by atoms with Crippen LogP contribution in [0.2, 0.25) is 0 Å². The zero-order valence-corrected chi connectivity index (χ0v) is 12.8. The van der Waals surface area contributed by atoms with E-state index in [4.69, 9.17) is 0 Å². The smallest absolute Gasteiger partial charge is 0.254 e. The predicted octanol–water partition coefficient (Wildman–Crippen LogP) is 3.12. The lowest BCUT2D eigenvalue weighted by Crippen LogP contribution is -2.31. The number of aromatic nitrogens is 1. The number of nitrogens with zero attached hydrogens (tertiary/aromatic N) is 1. The molecule has 1 aromatic heterocycles. The molecular formula is C18H13F3N2O2. The first kappa shape index (κ1) is 16.9. The Balaban J connectivity index is 1.92. The molecule has 2 N–H and O–H groups in total. The lowest BCUT2D eigenvalue weighted by molar-refractivity contribution is 0.0917. The SMILES string of the molecule is O=C(NC(CO)c1cc(F)c(F)c(F)c1)c1cncc2ccccc12. The van der Waals surface area contributed by atoms with E-state index in [2.05, 4.69) is 10.3 Å². The minimum atomic E-state index is -1.61. The van der Waals surface area contributed by atoms with Crippen LogP contribution in [-0.2, 0) is 0 Å². The van der Waals surface area contributed by atoms with E-state index < -0.39 is 36.0 Å². The lowest BCUT2D eigenvalue weighted by Gasteiger charge is -2.18. The van der Waals surface area contributed by atoms with Crippen molar-refractivity contribution >= 4 is 16.7 Å². The second kappa shape index (κ2) is 6.90. The number of rotatable bonds is 4. The summed E-state index contributed by atoms with van der Waals surface area (Å²) in [5.74, 6) is -4.97. The topological polar surface area (TPSA) is 62.2 Å². The highest BCUT2D eigenvalue weighted by atomic mass is 19.2. The van der Waals surface area contributed by atoms with Crippen LogP contribution in [0.4, 0.5) is 13.2 Å². The van der Waals surface area contributed by atoms with Gasteiger partial charge in [0.25, 0.3) is 5.91 Å². The number of halogens is 3. The van der Waals surface area contributed by atoms with Crippen molar-refractivity contribution in [1.82, 2.24) is 10.3 Å². The third kappa shape index (κ3) is 3.32. The summed E-state index contributed by atoms with van der Waals surface area (Å²) in [7, 11) is 0. The van der Waals surface area contributed by atoms with E-state index in [1.807, 2.05) is 0 Å². The number of amides is 1. The zero-order valence-electron chi connectivity index (χ0n) is 12.8. The first-order chi connectivity index (χ1) is 12.0. The molecule has 3 rings (SSSR count). The van der Waals surface area contributed by atoms with Gasteiger partial charge in [0.05, 0.1) is 18.2 Å². The summed E-state index contributed by atoms with van der Waals surface area (Å²) in [5, 5.41) is 13.3. The number of nitrogens with one attached hydrogen (secondary N) is 1. The molecule has 7 heteroatoms. The van der Waals surface area contributed by atoms with E-state index in [0.29, 0.717) is 5.39 Å². The minimum Gasteiger partial charge on any atom is -0.394 e. The number of fused-ring (bicyclic) bond motifs is 1. The van der Waals surface area contributed by atoms with Gasteiger partial charge in [-0.3, -0.25) is 9.78 Å². The van der Waals surface area contributed by atoms with Gasteiger partial charge in [0.1, 0.15) is 0 Å². The van der Waals surface area contributed by atoms with Crippen LogP contribution in [0.15, 0.2) is 48.8 Å². The molecule has 0 fully saturated rings. The molecule has 0 aliphatic heterocycles. The molecule has 0 saturated carbocycles. The molecule has 0 radical (unpaired) electrons. The van der Waals surface area contributed by atoms with Gasteiger partial charge in [-0.15, -0.1) is 0 Å². The minimum absolute atomic E-state index is 0.0829. The van der Waals surface area contributed by atoms with E-state index >= 15 is 0 Å². The summed E-state index contributed by atoms with van der Waals surface area (Å²) in [6.45, 7) is -0.617. The van der Waals surface area contributed by atoms with Crippen LogP contribution < -0.4 is 5.32 Å². The second-order valence-corrected chi connectivity index (χ2v) is 5.42. The van der Waals surface area contributed by atoms with Crippen molar-refractivity contribution < 1.29 is 23.1 Å². The van der Waals surface area contributed by atoms with Gasteiger partial charge in [-0.05, 0) is 23.1 Å². The van der Waals surface area contributed by atoms with E-state index in [0.717, 1.165) is 17.5 Å². The van der Waals surface area contributed by atoms with Gasteiger partial charge in [-0.1, -0.05) is 24.3 Å². The summed E-state index contributed by atoms with van der Waals surface area (Å²) in [6, 6.07) is 7.45. The fourth-order valence-corrected chi connectivity index (χ4v) is 2.54. The Labute approximate surface area is 140 Å². The fourth-order valence-electron chi connectivity index (χ4n) is 2.54. The summed E-state index contributed by atoms with van der Waals surface area (Å²) in [5.41, 5.74) is 0.167. The molecule has 1 unspecified atom stereocenters. The Morgan fingerprint density at radius 1 is 1.12 bits per heavy atom. The quantitative estimate of drug-likeness (QED) is 0.714. The largest absolute Gasteiger partial charge is 0.394 e. The molecular weight excluding hydrogens is 333 g/mol. The second-order valence-electron chi connectivity index (χ2n) is 5.42. The van der Waals surface area contributed by atoms with Crippen molar-refractivity contribution in [1.29, 1.82) is 0 Å². The number of aliphatic hydroxyl groups is 1. The predicted molar refractivity (Wildman–Crippen MR) is 85.4 cm³/mol. The van der Waals surface area contributed by atoms with Gasteiger partial charge in [0, 0.05) is 17.8 Å². The third-order valence-corrected chi connectivity index (χ3v) is 3.81. The van der Waals surface area contributed by atoms with E-state index in [-0.39, 0.29) is 11.1 Å². The first-order valence-electron chi connectivity index (χ1n) is 7.40. The number of hydrogen-bond donors (Lipinski definition) is 2. The molecule has 4 nitrogen and oxygen atoms in total. The lowest BCUT2D eigenvalue weighted by atomic mass is 10.0. The average Bonchev–Trinajstić information content (AvgIpc) is 2.63. The van der Waals surface area contributed by atoms with Gasteiger partial charge in [0.2, 0.25) is 0 Å². The Hall–Kier alpha value is -2.93. The molecule has 0 saturated heterocycles. The van der Waals surface area contributed by atoms with Gasteiger partial charge in [-0.2, -0.15) is 0 Å². The molecule has 1 heterocycles. The Bertz CT molecular complexity index is 918. The molecule has 128 valence electrons. The number of hydrogen-bond acceptors (Lipinski definition) is 3. The van der Waals surface area contributed by atoms with Gasteiger partial charge in [-0.25, -0.2) is 13.2 Å². The normalized spacial score (nSPS) is 12.2. The fraction of sp³-hybridized carbons (Fsp3) is 0.111. The molecule has 0 aliphatic carbocycles. The van der Waals surface area contributed by atoms with Crippen LogP contribution >= 0.6 is 0 Å². The van der Waals surface area contributed by atoms with Crippen molar-refractivity contribution in [3.63, 3.8) is 0 Å². The molecule has 2 aromatic carbocycles. The standard InChI is InChI=1S/C18H13F3N2O2/c19-14-5-11(6-15(20)17(14)21)16(9-24)23-18(25)13-8-22-7-10-3-1-2-4-12(10)13/h1-8,16,24H,9H2,(H,23,25). The van der Waals surface area contributed by atoms with Gasteiger partial charge in [0.15, 0.2) is 17.5 Å². The Kier molecular flexibility index (Phi) is 4.67. The van der Waals surface area contributed by atoms with Crippen LogP contribution in [-0.4, -0.2) is 22.6 Å². The molecule has 1 atom stereocenters. The molecule has 0 aliphatic rings. The maximum atomic E-state index is 13.4. The summed E-state index contributed by atoms with van der Waals surface area (Å²) in [6.07, 6.45) is 2.96. The molecule has 1 amide bonds. The van der Waals surface area contributed by atoms with Gasteiger partial charge < -0.3 is 10.4 Å². The van der Waals surface area contributed by atoms with Crippen LogP contribution in [0, 0.1) is 17.5 Å². The molecule has 0 bridgehead atoms. The number of carbonyl (C=O) groups excluding carboxylic acids is 1. The maximum Gasteiger partial charge on any atom is 0.254 e. The molecule has 25 heavy (non-hydrogen) atoms. The maximum absolute atomic E-state index is 13.4. The number of aliphatic hydroxyl groups excluding tert-OH is 1. The van der Waals surface area contributed by atoms with Crippen LogP contribution in [0.5, 0.6) is 0 Å². The highest BCUT2D eigenvalue weighted by Gasteiger charge is 2.20. The number of pyridine rings is 1. The monoisotopic (exact) mass is 346 g/mol. The third-order valence-electron chi connectivity index (χ3n) is 3.81. The van der Waals surface area contributed by atoms with Crippen molar-refractivity contribution in [2.24, 2.45) is 0 Å². The number of benzene rings is 2.